The molecule has 0 saturated carbocycles. The van der Waals surface area contributed by atoms with E-state index >= 15 is 0 Å². The van der Waals surface area contributed by atoms with Gasteiger partial charge in [-0.1, -0.05) is 0 Å². The molecule has 1 aromatic carbocycles. The van der Waals surface area contributed by atoms with E-state index in [0.29, 0.717) is 4.90 Å². The highest BCUT2D eigenvalue weighted by Gasteiger charge is 2.36. The number of sulfone groups is 1. The number of anilines is 1. The second-order valence-corrected chi connectivity index (χ2v) is 7.12. The van der Waals surface area contributed by atoms with Crippen LogP contribution in [0.3, 0.4) is 0 Å². The zero-order valence-corrected chi connectivity index (χ0v) is 11.8. The number of ether oxygens (including phenoxy) is 1. The van der Waals surface area contributed by atoms with Crippen LogP contribution in [0.4, 0.5) is 5.69 Å². The Hall–Kier alpha value is -1.07. The largest absolute Gasteiger partial charge is 0.377 e. The maximum atomic E-state index is 11.4. The molecular weight excluding hydrogens is 250 g/mol. The van der Waals surface area contributed by atoms with E-state index in [4.69, 9.17) is 4.74 Å². The van der Waals surface area contributed by atoms with Gasteiger partial charge in [0, 0.05) is 18.6 Å². The Bertz CT molecular complexity index is 524. The molecule has 1 aliphatic rings. The Kier molecular flexibility index (Phi) is 3.38. The van der Waals surface area contributed by atoms with Crippen molar-refractivity contribution in [3.8, 4) is 0 Å². The van der Waals surface area contributed by atoms with Gasteiger partial charge in [-0.25, -0.2) is 8.42 Å². The lowest BCUT2D eigenvalue weighted by Crippen LogP contribution is -2.41. The molecule has 0 spiro atoms. The van der Waals surface area contributed by atoms with Crippen LogP contribution >= 0.6 is 0 Å². The molecule has 0 aromatic heterocycles. The summed E-state index contributed by atoms with van der Waals surface area (Å²) in [5.74, 6) is 0. The van der Waals surface area contributed by atoms with E-state index in [2.05, 4.69) is 12.2 Å². The van der Waals surface area contributed by atoms with Crippen LogP contribution in [0.15, 0.2) is 29.2 Å². The summed E-state index contributed by atoms with van der Waals surface area (Å²) in [6, 6.07) is 6.85. The minimum Gasteiger partial charge on any atom is -0.377 e. The summed E-state index contributed by atoms with van der Waals surface area (Å²) < 4.78 is 28.3. The van der Waals surface area contributed by atoms with Gasteiger partial charge >= 0.3 is 0 Å². The second kappa shape index (κ2) is 4.55. The lowest BCUT2D eigenvalue weighted by molar-refractivity contribution is 0.105. The fourth-order valence-electron chi connectivity index (χ4n) is 2.11. The van der Waals surface area contributed by atoms with Crippen molar-refractivity contribution >= 4 is 15.5 Å². The van der Waals surface area contributed by atoms with Crippen LogP contribution in [0, 0.1) is 0 Å². The molecule has 1 aliphatic heterocycles. The molecule has 1 N–H and O–H groups in total. The van der Waals surface area contributed by atoms with Crippen molar-refractivity contribution in [2.75, 3.05) is 18.2 Å². The van der Waals surface area contributed by atoms with E-state index in [-0.39, 0.29) is 11.6 Å². The van der Waals surface area contributed by atoms with Gasteiger partial charge in [0.25, 0.3) is 0 Å². The first-order valence-corrected chi connectivity index (χ1v) is 7.90. The molecule has 100 valence electrons. The molecule has 0 amide bonds. The molecule has 2 atom stereocenters. The Morgan fingerprint density at radius 2 is 1.94 bits per heavy atom. The monoisotopic (exact) mass is 269 g/mol. The summed E-state index contributed by atoms with van der Waals surface area (Å²) in [5.41, 5.74) is 0.828. The quantitative estimate of drug-likeness (QED) is 0.912. The van der Waals surface area contributed by atoms with E-state index in [1.165, 1.54) is 6.26 Å². The van der Waals surface area contributed by atoms with Gasteiger partial charge in [0.15, 0.2) is 9.84 Å². The maximum Gasteiger partial charge on any atom is 0.175 e. The van der Waals surface area contributed by atoms with Crippen molar-refractivity contribution in [1.82, 2.24) is 0 Å². The highest BCUT2D eigenvalue weighted by molar-refractivity contribution is 7.90. The third-order valence-electron chi connectivity index (χ3n) is 3.60. The lowest BCUT2D eigenvalue weighted by atomic mass is 9.94. The van der Waals surface area contributed by atoms with Gasteiger partial charge in [-0.3, -0.25) is 0 Å². The smallest absolute Gasteiger partial charge is 0.175 e. The number of benzene rings is 1. The average molecular weight is 269 g/mol. The fraction of sp³-hybridized carbons (Fsp3) is 0.538. The Balaban J connectivity index is 2.16. The van der Waals surface area contributed by atoms with E-state index in [1.54, 1.807) is 24.3 Å². The average Bonchev–Trinajstić information content (AvgIpc) is 2.58. The number of rotatable bonds is 3. The van der Waals surface area contributed by atoms with E-state index in [9.17, 15) is 8.42 Å². The predicted octanol–water partition coefficient (Wildman–Crippen LogP) is 2.07. The molecule has 1 fully saturated rings. The highest BCUT2D eigenvalue weighted by atomic mass is 32.2. The minimum absolute atomic E-state index is 0.0907. The summed E-state index contributed by atoms with van der Waals surface area (Å²) in [5, 5.41) is 3.43. The zero-order valence-electron chi connectivity index (χ0n) is 10.9. The van der Waals surface area contributed by atoms with E-state index < -0.39 is 9.84 Å². The highest BCUT2D eigenvalue weighted by Crippen LogP contribution is 2.29. The van der Waals surface area contributed by atoms with Crippen LogP contribution in [0.2, 0.25) is 0 Å². The van der Waals surface area contributed by atoms with Crippen LogP contribution in [-0.4, -0.2) is 32.9 Å². The molecule has 1 heterocycles. The summed E-state index contributed by atoms with van der Waals surface area (Å²) >= 11 is 0. The van der Waals surface area contributed by atoms with Gasteiger partial charge < -0.3 is 10.1 Å². The van der Waals surface area contributed by atoms with Crippen LogP contribution in [-0.2, 0) is 14.6 Å². The summed E-state index contributed by atoms with van der Waals surface area (Å²) in [6.45, 7) is 4.92. The lowest BCUT2D eigenvalue weighted by Gasteiger charge is -2.30. The van der Waals surface area contributed by atoms with E-state index in [0.717, 1.165) is 18.7 Å². The molecule has 0 aliphatic carbocycles. The minimum atomic E-state index is -3.13. The molecule has 0 bridgehead atoms. The van der Waals surface area contributed by atoms with E-state index in [1.807, 2.05) is 6.92 Å². The van der Waals surface area contributed by atoms with Gasteiger partial charge in [0.05, 0.1) is 16.5 Å². The summed E-state index contributed by atoms with van der Waals surface area (Å²) in [6.07, 6.45) is 2.30. The normalized spacial score (nSPS) is 28.3. The van der Waals surface area contributed by atoms with Crippen molar-refractivity contribution in [3.63, 3.8) is 0 Å². The number of hydrogen-bond donors (Lipinski definition) is 1. The molecule has 1 saturated heterocycles. The third kappa shape index (κ3) is 2.67. The third-order valence-corrected chi connectivity index (χ3v) is 4.73. The SMILES string of the molecule is CC1OCCC1(C)Nc1ccc(S(C)(=O)=O)cc1. The molecule has 0 radical (unpaired) electrons. The van der Waals surface area contributed by atoms with Gasteiger partial charge in [-0.05, 0) is 44.5 Å². The van der Waals surface area contributed by atoms with Crippen molar-refractivity contribution in [1.29, 1.82) is 0 Å². The van der Waals surface area contributed by atoms with Crippen molar-refractivity contribution < 1.29 is 13.2 Å². The Morgan fingerprint density at radius 3 is 2.39 bits per heavy atom. The van der Waals surface area contributed by atoms with Gasteiger partial charge in [-0.2, -0.15) is 0 Å². The molecule has 2 unspecified atom stereocenters. The van der Waals surface area contributed by atoms with Crippen LogP contribution < -0.4 is 5.32 Å². The van der Waals surface area contributed by atoms with Gasteiger partial charge in [0.2, 0.25) is 0 Å². The predicted molar refractivity (Wildman–Crippen MR) is 71.6 cm³/mol. The van der Waals surface area contributed by atoms with Crippen LogP contribution in [0.25, 0.3) is 0 Å². The maximum absolute atomic E-state index is 11.4. The van der Waals surface area contributed by atoms with Gasteiger partial charge in [0.1, 0.15) is 0 Å². The first kappa shape index (κ1) is 13.4. The first-order chi connectivity index (χ1) is 8.31. The Labute approximate surface area is 108 Å². The Morgan fingerprint density at radius 1 is 1.33 bits per heavy atom. The first-order valence-electron chi connectivity index (χ1n) is 6.01. The standard InChI is InChI=1S/C13H19NO3S/c1-10-13(2,8-9-17-10)14-11-4-6-12(7-5-11)18(3,15)16/h4-7,10,14H,8-9H2,1-3H3. The number of hydrogen-bond acceptors (Lipinski definition) is 4. The molecule has 1 aromatic rings. The van der Waals surface area contributed by atoms with Crippen molar-refractivity contribution in [2.45, 2.75) is 36.8 Å². The molecule has 18 heavy (non-hydrogen) atoms. The molecule has 4 nitrogen and oxygen atoms in total. The molecular formula is C13H19NO3S. The molecule has 5 heteroatoms. The van der Waals surface area contributed by atoms with Crippen molar-refractivity contribution in [2.24, 2.45) is 0 Å². The van der Waals surface area contributed by atoms with Crippen LogP contribution in [0.5, 0.6) is 0 Å². The van der Waals surface area contributed by atoms with Gasteiger partial charge in [-0.15, -0.1) is 0 Å². The second-order valence-electron chi connectivity index (χ2n) is 5.10. The van der Waals surface area contributed by atoms with Crippen LogP contribution in [0.1, 0.15) is 20.3 Å². The fourth-order valence-corrected chi connectivity index (χ4v) is 2.74. The zero-order chi connectivity index (χ0) is 13.4. The van der Waals surface area contributed by atoms with Crippen molar-refractivity contribution in [3.05, 3.63) is 24.3 Å². The topological polar surface area (TPSA) is 55.4 Å². The molecule has 2 rings (SSSR count). The summed E-state index contributed by atoms with van der Waals surface area (Å²) in [7, 11) is -3.13. The summed E-state index contributed by atoms with van der Waals surface area (Å²) in [4.78, 5) is 0.342. The number of nitrogens with one attached hydrogen (secondary N) is 1.